The van der Waals surface area contributed by atoms with Crippen LogP contribution in [-0.2, 0) is 4.79 Å². The van der Waals surface area contributed by atoms with Gasteiger partial charge in [-0.05, 0) is 49.8 Å². The number of anilines is 1. The van der Waals surface area contributed by atoms with Crippen LogP contribution in [0.2, 0.25) is 0 Å². The summed E-state index contributed by atoms with van der Waals surface area (Å²) in [7, 11) is 0. The lowest BCUT2D eigenvalue weighted by molar-refractivity contribution is -0.132. The molecule has 128 valence electrons. The van der Waals surface area contributed by atoms with Gasteiger partial charge >= 0.3 is 0 Å². The Kier molecular flexibility index (Phi) is 5.04. The van der Waals surface area contributed by atoms with Gasteiger partial charge in [-0.2, -0.15) is 0 Å². The monoisotopic (exact) mass is 318 g/mol. The molecule has 1 aliphatic rings. The summed E-state index contributed by atoms with van der Waals surface area (Å²) in [6.45, 7) is 12.9. The minimum atomic E-state index is -0.828. The van der Waals surface area contributed by atoms with Crippen LogP contribution in [0.25, 0.3) is 0 Å². The van der Waals surface area contributed by atoms with Crippen molar-refractivity contribution in [2.45, 2.75) is 59.6 Å². The molecule has 0 saturated heterocycles. The van der Waals surface area contributed by atoms with Crippen LogP contribution in [0.5, 0.6) is 5.75 Å². The number of hydrogen-bond donors (Lipinski definition) is 1. The number of hydrogen-bond acceptors (Lipinski definition) is 3. The summed E-state index contributed by atoms with van der Waals surface area (Å²) in [5.74, 6) is 1.66. The molecule has 0 aromatic heterocycles. The maximum atomic E-state index is 12.8. The molecule has 4 nitrogen and oxygen atoms in total. The number of ether oxygens (including phenoxy) is 1. The zero-order valence-electron chi connectivity index (χ0n) is 15.2. The van der Waals surface area contributed by atoms with E-state index in [0.717, 1.165) is 23.4 Å². The molecule has 1 aromatic rings. The number of carbonyl (C=O) groups excluding carboxylic acids is 1. The normalized spacial score (nSPS) is 18.1. The third kappa shape index (κ3) is 3.69. The number of benzene rings is 1. The Hall–Kier alpha value is -1.55. The van der Waals surface area contributed by atoms with Gasteiger partial charge in [0, 0.05) is 12.6 Å². The molecule has 1 atom stereocenters. The Labute approximate surface area is 140 Å². The second-order valence-corrected chi connectivity index (χ2v) is 7.75. The second-order valence-electron chi connectivity index (χ2n) is 7.75. The highest BCUT2D eigenvalue weighted by Gasteiger charge is 2.40. The van der Waals surface area contributed by atoms with Crippen LogP contribution in [0.4, 0.5) is 5.69 Å². The minimum absolute atomic E-state index is 0.0147. The van der Waals surface area contributed by atoms with E-state index >= 15 is 0 Å². The standard InChI is InChI=1S/C19H30N2O2/c1-12(2)9-10-21-15-11-14(17(20)13(3)4)7-8-16(15)23-19(5,6)18(21)22/h7-8,11-13,17H,9-10,20H2,1-6H3. The average Bonchev–Trinajstić information content (AvgIpc) is 2.46. The highest BCUT2D eigenvalue weighted by atomic mass is 16.5. The van der Waals surface area contributed by atoms with E-state index < -0.39 is 5.60 Å². The van der Waals surface area contributed by atoms with Crippen LogP contribution < -0.4 is 15.4 Å². The van der Waals surface area contributed by atoms with E-state index in [2.05, 4.69) is 27.7 Å². The molecule has 4 heteroatoms. The minimum Gasteiger partial charge on any atom is -0.476 e. The Morgan fingerprint density at radius 1 is 1.22 bits per heavy atom. The van der Waals surface area contributed by atoms with Gasteiger partial charge in [0.15, 0.2) is 5.60 Å². The number of carbonyl (C=O) groups is 1. The van der Waals surface area contributed by atoms with Crippen LogP contribution >= 0.6 is 0 Å². The van der Waals surface area contributed by atoms with Crippen molar-refractivity contribution in [3.63, 3.8) is 0 Å². The first kappa shape index (κ1) is 17.8. The van der Waals surface area contributed by atoms with Crippen molar-refractivity contribution in [3.8, 4) is 5.75 Å². The molecule has 2 N–H and O–H groups in total. The lowest BCUT2D eigenvalue weighted by atomic mass is 9.95. The summed E-state index contributed by atoms with van der Waals surface area (Å²) in [6.07, 6.45) is 0.960. The molecule has 0 aliphatic carbocycles. The van der Waals surface area contributed by atoms with Gasteiger partial charge in [-0.15, -0.1) is 0 Å². The summed E-state index contributed by atoms with van der Waals surface area (Å²) in [4.78, 5) is 14.7. The van der Waals surface area contributed by atoms with Crippen molar-refractivity contribution in [1.29, 1.82) is 0 Å². The zero-order valence-corrected chi connectivity index (χ0v) is 15.2. The van der Waals surface area contributed by atoms with Crippen molar-refractivity contribution in [1.82, 2.24) is 0 Å². The van der Waals surface area contributed by atoms with Gasteiger partial charge in [-0.3, -0.25) is 4.79 Å². The Morgan fingerprint density at radius 2 is 1.87 bits per heavy atom. The van der Waals surface area contributed by atoms with E-state index in [0.29, 0.717) is 18.4 Å². The van der Waals surface area contributed by atoms with Gasteiger partial charge in [0.2, 0.25) is 0 Å². The van der Waals surface area contributed by atoms with Crippen molar-refractivity contribution in [2.75, 3.05) is 11.4 Å². The summed E-state index contributed by atoms with van der Waals surface area (Å²) in [5, 5.41) is 0. The number of rotatable bonds is 5. The second kappa shape index (κ2) is 6.52. The first-order chi connectivity index (χ1) is 10.6. The van der Waals surface area contributed by atoms with Crippen molar-refractivity contribution in [2.24, 2.45) is 17.6 Å². The van der Waals surface area contributed by atoms with Gasteiger partial charge < -0.3 is 15.4 Å². The first-order valence-corrected chi connectivity index (χ1v) is 8.54. The highest BCUT2D eigenvalue weighted by Crippen LogP contribution is 2.40. The molecular weight excluding hydrogens is 288 g/mol. The predicted octanol–water partition coefficient (Wildman–Crippen LogP) is 3.89. The number of nitrogens with two attached hydrogens (primary N) is 1. The molecule has 0 fully saturated rings. The number of fused-ring (bicyclic) bond motifs is 1. The summed E-state index contributed by atoms with van der Waals surface area (Å²) >= 11 is 0. The molecule has 0 bridgehead atoms. The molecule has 2 rings (SSSR count). The molecule has 0 spiro atoms. The van der Waals surface area contributed by atoms with Crippen LogP contribution in [0.1, 0.15) is 59.6 Å². The summed E-state index contributed by atoms with van der Waals surface area (Å²) < 4.78 is 5.93. The maximum absolute atomic E-state index is 12.8. The third-order valence-electron chi connectivity index (χ3n) is 4.43. The van der Waals surface area contributed by atoms with Crippen molar-refractivity contribution >= 4 is 11.6 Å². The lowest BCUT2D eigenvalue weighted by Crippen LogP contribution is -2.53. The fourth-order valence-corrected chi connectivity index (χ4v) is 2.79. The summed E-state index contributed by atoms with van der Waals surface area (Å²) in [6, 6.07) is 5.93. The number of amides is 1. The van der Waals surface area contributed by atoms with Gasteiger partial charge in [-0.25, -0.2) is 0 Å². The maximum Gasteiger partial charge on any atom is 0.270 e. The fraction of sp³-hybridized carbons (Fsp3) is 0.632. The molecule has 1 aliphatic heterocycles. The Morgan fingerprint density at radius 3 is 2.43 bits per heavy atom. The van der Waals surface area contributed by atoms with E-state index in [4.69, 9.17) is 10.5 Å². The summed E-state index contributed by atoms with van der Waals surface area (Å²) in [5.41, 5.74) is 7.35. The molecular formula is C19H30N2O2. The largest absolute Gasteiger partial charge is 0.476 e. The van der Waals surface area contributed by atoms with Crippen LogP contribution in [0.3, 0.4) is 0 Å². The topological polar surface area (TPSA) is 55.6 Å². The predicted molar refractivity (Wildman–Crippen MR) is 94.7 cm³/mol. The van der Waals surface area contributed by atoms with E-state index in [1.807, 2.05) is 36.9 Å². The molecule has 1 heterocycles. The van der Waals surface area contributed by atoms with Gasteiger partial charge in [0.1, 0.15) is 5.75 Å². The third-order valence-corrected chi connectivity index (χ3v) is 4.43. The molecule has 1 unspecified atom stereocenters. The van der Waals surface area contributed by atoms with Gasteiger partial charge in [0.25, 0.3) is 5.91 Å². The molecule has 0 saturated carbocycles. The highest BCUT2D eigenvalue weighted by molar-refractivity contribution is 6.02. The molecule has 23 heavy (non-hydrogen) atoms. The molecule has 1 amide bonds. The van der Waals surface area contributed by atoms with E-state index in [9.17, 15) is 4.79 Å². The fourth-order valence-electron chi connectivity index (χ4n) is 2.79. The van der Waals surface area contributed by atoms with Crippen LogP contribution in [0, 0.1) is 11.8 Å². The van der Waals surface area contributed by atoms with Gasteiger partial charge in [-0.1, -0.05) is 33.8 Å². The average molecular weight is 318 g/mol. The smallest absolute Gasteiger partial charge is 0.270 e. The van der Waals surface area contributed by atoms with E-state index in [-0.39, 0.29) is 11.9 Å². The quantitative estimate of drug-likeness (QED) is 0.896. The van der Waals surface area contributed by atoms with Crippen LogP contribution in [-0.4, -0.2) is 18.1 Å². The molecule has 1 aromatic carbocycles. The zero-order chi connectivity index (χ0) is 17.4. The Bertz CT molecular complexity index is 579. The molecule has 0 radical (unpaired) electrons. The lowest BCUT2D eigenvalue weighted by Gasteiger charge is -2.39. The van der Waals surface area contributed by atoms with Gasteiger partial charge in [0.05, 0.1) is 5.69 Å². The van der Waals surface area contributed by atoms with E-state index in [1.165, 1.54) is 0 Å². The van der Waals surface area contributed by atoms with Crippen molar-refractivity contribution in [3.05, 3.63) is 23.8 Å². The van der Waals surface area contributed by atoms with E-state index in [1.54, 1.807) is 0 Å². The number of nitrogens with zero attached hydrogens (tertiary/aromatic N) is 1. The Balaban J connectivity index is 2.42. The SMILES string of the molecule is CC(C)CCN1C(=O)C(C)(C)Oc2ccc(C(N)C(C)C)cc21. The first-order valence-electron chi connectivity index (χ1n) is 8.54. The van der Waals surface area contributed by atoms with Crippen molar-refractivity contribution < 1.29 is 9.53 Å². The van der Waals surface area contributed by atoms with Crippen LogP contribution in [0.15, 0.2) is 18.2 Å².